The molecule has 0 radical (unpaired) electrons. The van der Waals surface area contributed by atoms with Crippen LogP contribution >= 0.6 is 0 Å². The van der Waals surface area contributed by atoms with E-state index < -0.39 is 11.7 Å². The Morgan fingerprint density at radius 3 is 2.46 bits per heavy atom. The van der Waals surface area contributed by atoms with Crippen LogP contribution in [0.2, 0.25) is 0 Å². The zero-order chi connectivity index (χ0) is 18.1. The van der Waals surface area contributed by atoms with Gasteiger partial charge in [0.15, 0.2) is 0 Å². The highest BCUT2D eigenvalue weighted by molar-refractivity contribution is 6.02. The highest BCUT2D eigenvalue weighted by Crippen LogP contribution is 2.33. The summed E-state index contributed by atoms with van der Waals surface area (Å²) in [6.07, 6.45) is -1.84. The van der Waals surface area contributed by atoms with Crippen molar-refractivity contribution in [3.8, 4) is 16.9 Å². The predicted molar refractivity (Wildman–Crippen MR) is 94.5 cm³/mol. The highest BCUT2D eigenvalue weighted by atomic mass is 19.4. The van der Waals surface area contributed by atoms with Crippen molar-refractivity contribution in [1.82, 2.24) is 5.32 Å². The minimum absolute atomic E-state index is 0.515. The van der Waals surface area contributed by atoms with E-state index in [4.69, 9.17) is 4.74 Å². The standard InChI is InChI=1S/C20H19F3N2O/c21-20(22,23)16-6-3-14(4-7-16)15-5-8-18-17(11-15)19(24-9-10-26-18)25-12-13-1-2-13/h3-8,11,13H,1-2,9-10,12H2,(H,24,25). The van der Waals surface area contributed by atoms with E-state index in [2.05, 4.69) is 10.3 Å². The summed E-state index contributed by atoms with van der Waals surface area (Å²) in [6, 6.07) is 10.9. The van der Waals surface area contributed by atoms with Gasteiger partial charge in [-0.2, -0.15) is 13.2 Å². The first-order chi connectivity index (χ1) is 12.5. The molecule has 0 atom stereocenters. The number of nitrogens with one attached hydrogen (secondary N) is 1. The first-order valence-corrected chi connectivity index (χ1v) is 8.74. The van der Waals surface area contributed by atoms with Crippen LogP contribution < -0.4 is 10.1 Å². The lowest BCUT2D eigenvalue weighted by atomic mass is 10.0. The molecule has 1 aliphatic heterocycles. The topological polar surface area (TPSA) is 33.6 Å². The maximum absolute atomic E-state index is 12.8. The average molecular weight is 360 g/mol. The Hall–Kier alpha value is -2.50. The summed E-state index contributed by atoms with van der Waals surface area (Å²) in [7, 11) is 0. The van der Waals surface area contributed by atoms with Crippen LogP contribution in [0, 0.1) is 5.92 Å². The summed E-state index contributed by atoms with van der Waals surface area (Å²) in [4.78, 5) is 4.58. The van der Waals surface area contributed by atoms with Crippen LogP contribution in [-0.4, -0.2) is 25.5 Å². The van der Waals surface area contributed by atoms with Crippen molar-refractivity contribution in [2.75, 3.05) is 19.7 Å². The van der Waals surface area contributed by atoms with Gasteiger partial charge in [-0.25, -0.2) is 0 Å². The molecule has 2 aromatic rings. The molecule has 4 rings (SSSR count). The molecule has 3 nitrogen and oxygen atoms in total. The van der Waals surface area contributed by atoms with E-state index in [-0.39, 0.29) is 0 Å². The fourth-order valence-electron chi connectivity index (χ4n) is 2.98. The number of halogens is 3. The Bertz CT molecular complexity index is 824. The molecule has 0 aromatic heterocycles. The Morgan fingerprint density at radius 1 is 1.04 bits per heavy atom. The molecule has 6 heteroatoms. The monoisotopic (exact) mass is 360 g/mol. The van der Waals surface area contributed by atoms with Gasteiger partial charge in [-0.1, -0.05) is 18.2 Å². The van der Waals surface area contributed by atoms with Crippen LogP contribution in [0.3, 0.4) is 0 Å². The molecule has 0 spiro atoms. The number of nitrogens with zero attached hydrogens (tertiary/aromatic N) is 1. The maximum atomic E-state index is 12.8. The first kappa shape index (κ1) is 16.9. The molecular weight excluding hydrogens is 341 g/mol. The molecular formula is C20H19F3N2O. The zero-order valence-corrected chi connectivity index (χ0v) is 14.1. The normalized spacial score (nSPS) is 17.0. The van der Waals surface area contributed by atoms with Crippen LogP contribution in [0.1, 0.15) is 24.0 Å². The van der Waals surface area contributed by atoms with Crippen molar-refractivity contribution in [1.29, 1.82) is 0 Å². The third-order valence-corrected chi connectivity index (χ3v) is 4.65. The van der Waals surface area contributed by atoms with Crippen LogP contribution in [0.15, 0.2) is 47.5 Å². The van der Waals surface area contributed by atoms with Gasteiger partial charge in [0.25, 0.3) is 0 Å². The van der Waals surface area contributed by atoms with E-state index in [1.54, 1.807) is 0 Å². The van der Waals surface area contributed by atoms with Gasteiger partial charge < -0.3 is 10.1 Å². The Kier molecular flexibility index (Phi) is 4.34. The number of alkyl halides is 3. The largest absolute Gasteiger partial charge is 0.491 e. The lowest BCUT2D eigenvalue weighted by molar-refractivity contribution is -0.137. The summed E-state index contributed by atoms with van der Waals surface area (Å²) < 4.78 is 44.0. The lowest BCUT2D eigenvalue weighted by Crippen LogP contribution is -2.26. The smallest absolute Gasteiger partial charge is 0.416 e. The van der Waals surface area contributed by atoms with Crippen molar-refractivity contribution in [2.24, 2.45) is 10.9 Å². The second-order valence-electron chi connectivity index (χ2n) is 6.69. The molecule has 0 saturated heterocycles. The van der Waals surface area contributed by atoms with E-state index in [1.807, 2.05) is 18.2 Å². The molecule has 1 fully saturated rings. The third kappa shape index (κ3) is 3.69. The van der Waals surface area contributed by atoms with E-state index in [9.17, 15) is 13.2 Å². The molecule has 2 aliphatic rings. The molecule has 1 N–H and O–H groups in total. The van der Waals surface area contributed by atoms with Crippen LogP contribution in [0.25, 0.3) is 11.1 Å². The van der Waals surface area contributed by atoms with E-state index in [0.717, 1.165) is 47.0 Å². The number of benzene rings is 2. The van der Waals surface area contributed by atoms with E-state index >= 15 is 0 Å². The summed E-state index contributed by atoms with van der Waals surface area (Å²) >= 11 is 0. The molecule has 136 valence electrons. The minimum atomic E-state index is -4.33. The van der Waals surface area contributed by atoms with E-state index in [1.165, 1.54) is 25.0 Å². The molecule has 0 bridgehead atoms. The minimum Gasteiger partial charge on any atom is -0.491 e. The Balaban J connectivity index is 1.64. The molecule has 1 saturated carbocycles. The van der Waals surface area contributed by atoms with E-state index in [0.29, 0.717) is 19.1 Å². The van der Waals surface area contributed by atoms with Crippen molar-refractivity contribution in [3.05, 3.63) is 53.6 Å². The second kappa shape index (κ2) is 6.67. The lowest BCUT2D eigenvalue weighted by Gasteiger charge is -2.14. The SMILES string of the molecule is FC(F)(F)c1ccc(-c2ccc3c(c2)C(NCC2CC2)=NCCO3)cc1. The van der Waals surface area contributed by atoms with Gasteiger partial charge in [0.2, 0.25) is 0 Å². The van der Waals surface area contributed by atoms with Crippen molar-refractivity contribution in [2.45, 2.75) is 19.0 Å². The zero-order valence-electron chi connectivity index (χ0n) is 14.1. The number of hydrogen-bond acceptors (Lipinski definition) is 3. The van der Waals surface area contributed by atoms with Gasteiger partial charge in [-0.3, -0.25) is 4.99 Å². The van der Waals surface area contributed by atoms with Crippen molar-refractivity contribution >= 4 is 5.84 Å². The van der Waals surface area contributed by atoms with Crippen LogP contribution in [0.4, 0.5) is 13.2 Å². The number of amidine groups is 1. The van der Waals surface area contributed by atoms with Crippen LogP contribution in [0.5, 0.6) is 5.75 Å². The Labute approximate surface area is 149 Å². The number of ether oxygens (including phenoxy) is 1. The fraction of sp³-hybridized carbons (Fsp3) is 0.350. The highest BCUT2D eigenvalue weighted by Gasteiger charge is 2.30. The predicted octanol–water partition coefficient (Wildman–Crippen LogP) is 4.51. The third-order valence-electron chi connectivity index (χ3n) is 4.65. The van der Waals surface area contributed by atoms with Crippen molar-refractivity contribution < 1.29 is 17.9 Å². The summed E-state index contributed by atoms with van der Waals surface area (Å²) in [5, 5.41) is 3.41. The quantitative estimate of drug-likeness (QED) is 0.874. The molecule has 26 heavy (non-hydrogen) atoms. The van der Waals surface area contributed by atoms with Gasteiger partial charge >= 0.3 is 6.18 Å². The molecule has 0 unspecified atom stereocenters. The number of hydrogen-bond donors (Lipinski definition) is 1. The molecule has 1 aliphatic carbocycles. The number of fused-ring (bicyclic) bond motifs is 1. The van der Waals surface area contributed by atoms with Gasteiger partial charge in [0.1, 0.15) is 18.2 Å². The van der Waals surface area contributed by atoms with Gasteiger partial charge in [-0.05, 0) is 54.2 Å². The van der Waals surface area contributed by atoms with Crippen LogP contribution in [-0.2, 0) is 6.18 Å². The van der Waals surface area contributed by atoms with Gasteiger partial charge in [0, 0.05) is 6.54 Å². The van der Waals surface area contributed by atoms with Crippen molar-refractivity contribution in [3.63, 3.8) is 0 Å². The van der Waals surface area contributed by atoms with Gasteiger partial charge in [-0.15, -0.1) is 0 Å². The molecule has 0 amide bonds. The average Bonchev–Trinajstić information content (AvgIpc) is 3.46. The first-order valence-electron chi connectivity index (χ1n) is 8.74. The second-order valence-corrected chi connectivity index (χ2v) is 6.69. The number of rotatable bonds is 3. The molecule has 1 heterocycles. The maximum Gasteiger partial charge on any atom is 0.416 e. The fourth-order valence-corrected chi connectivity index (χ4v) is 2.98. The number of aliphatic imine (C=N–C) groups is 1. The summed E-state index contributed by atoms with van der Waals surface area (Å²) in [5.74, 6) is 2.27. The Morgan fingerprint density at radius 2 is 1.77 bits per heavy atom. The summed E-state index contributed by atoms with van der Waals surface area (Å²) in [5.41, 5.74) is 1.78. The van der Waals surface area contributed by atoms with Gasteiger partial charge in [0.05, 0.1) is 17.7 Å². The molecule has 2 aromatic carbocycles. The summed E-state index contributed by atoms with van der Waals surface area (Å²) in [6.45, 7) is 1.99.